The smallest absolute Gasteiger partial charge is 0.123 e. The van der Waals surface area contributed by atoms with Crippen LogP contribution in [-0.4, -0.2) is 17.2 Å². The average molecular weight is 298 g/mol. The number of nitrogens with zero attached hydrogens (tertiary/aromatic N) is 2. The Kier molecular flexibility index (Phi) is 3.89. The van der Waals surface area contributed by atoms with Crippen LogP contribution >= 0.6 is 11.6 Å². The van der Waals surface area contributed by atoms with Crippen LogP contribution in [0.2, 0.25) is 11.8 Å². The van der Waals surface area contributed by atoms with Crippen LogP contribution in [0.3, 0.4) is 0 Å². The number of aromatic nitrogens is 2. The van der Waals surface area contributed by atoms with Gasteiger partial charge in [0.25, 0.3) is 0 Å². The van der Waals surface area contributed by atoms with E-state index in [1.165, 1.54) is 12.1 Å². The summed E-state index contributed by atoms with van der Waals surface area (Å²) in [5.41, 5.74) is 3.59. The Hall–Kier alpha value is -1.94. The highest BCUT2D eigenvalue weighted by molar-refractivity contribution is 6.35. The van der Waals surface area contributed by atoms with Gasteiger partial charge in [-0.25, -0.2) is 14.4 Å². The van der Waals surface area contributed by atoms with Gasteiger partial charge < -0.3 is 0 Å². The van der Waals surface area contributed by atoms with Crippen LogP contribution in [-0.2, 0) is 6.32 Å². The summed E-state index contributed by atoms with van der Waals surface area (Å²) in [5.74, 6) is -0.292. The summed E-state index contributed by atoms with van der Waals surface area (Å²) in [5, 5.41) is 0.546. The van der Waals surface area contributed by atoms with Crippen molar-refractivity contribution in [2.75, 3.05) is 0 Å². The molecule has 0 aliphatic rings. The van der Waals surface area contributed by atoms with Crippen LogP contribution in [0.4, 0.5) is 4.39 Å². The van der Waals surface area contributed by atoms with Crippen molar-refractivity contribution < 1.29 is 4.39 Å². The molecule has 21 heavy (non-hydrogen) atoms. The van der Waals surface area contributed by atoms with Crippen molar-refractivity contribution in [3.05, 3.63) is 59.0 Å². The van der Waals surface area contributed by atoms with E-state index in [1.54, 1.807) is 12.1 Å². The quantitative estimate of drug-likeness (QED) is 0.672. The Bertz CT molecular complexity index is 807. The van der Waals surface area contributed by atoms with Gasteiger partial charge in [0.1, 0.15) is 18.6 Å². The van der Waals surface area contributed by atoms with Gasteiger partial charge in [-0.15, -0.1) is 0 Å². The number of halogens is 2. The third-order valence-electron chi connectivity index (χ3n) is 3.21. The summed E-state index contributed by atoms with van der Waals surface area (Å²) in [7, 11) is 2.00. The van der Waals surface area contributed by atoms with Crippen LogP contribution in [0.25, 0.3) is 22.3 Å². The molecule has 1 heterocycles. The Morgan fingerprint density at radius 3 is 2.71 bits per heavy atom. The number of fused-ring (bicyclic) bond motifs is 1. The zero-order chi connectivity index (χ0) is 14.8. The summed E-state index contributed by atoms with van der Waals surface area (Å²) >= 11 is 6.19. The lowest BCUT2D eigenvalue weighted by molar-refractivity contribution is 0.628. The zero-order valence-corrected chi connectivity index (χ0v) is 12.2. The van der Waals surface area contributed by atoms with E-state index in [9.17, 15) is 4.39 Å². The largest absolute Gasteiger partial charge is 0.250 e. The highest BCUT2D eigenvalue weighted by Crippen LogP contribution is 2.27. The Balaban J connectivity index is 2.28. The molecule has 0 amide bonds. The van der Waals surface area contributed by atoms with Crippen LogP contribution in [0.15, 0.2) is 42.5 Å². The molecular formula is C16H12BClFN2. The lowest BCUT2D eigenvalue weighted by Gasteiger charge is -2.10. The minimum Gasteiger partial charge on any atom is -0.250 e. The number of para-hydroxylation sites is 1. The van der Waals surface area contributed by atoms with Crippen molar-refractivity contribution in [2.24, 2.45) is 0 Å². The van der Waals surface area contributed by atoms with E-state index < -0.39 is 0 Å². The van der Waals surface area contributed by atoms with Gasteiger partial charge in [-0.2, -0.15) is 0 Å². The van der Waals surface area contributed by atoms with Crippen molar-refractivity contribution >= 4 is 29.9 Å². The minimum absolute atomic E-state index is 0.292. The summed E-state index contributed by atoms with van der Waals surface area (Å²) in [4.78, 5) is 9.25. The lowest BCUT2D eigenvalue weighted by Crippen LogP contribution is -2.02. The van der Waals surface area contributed by atoms with Crippen LogP contribution in [0, 0.1) is 5.82 Å². The Morgan fingerprint density at radius 1 is 1.14 bits per heavy atom. The van der Waals surface area contributed by atoms with Gasteiger partial charge >= 0.3 is 0 Å². The van der Waals surface area contributed by atoms with Gasteiger partial charge in [0.2, 0.25) is 0 Å². The second-order valence-electron chi connectivity index (χ2n) is 4.75. The molecule has 0 fully saturated rings. The summed E-state index contributed by atoms with van der Waals surface area (Å²) in [6, 6.07) is 11.9. The van der Waals surface area contributed by atoms with Gasteiger partial charge in [0, 0.05) is 5.56 Å². The fraction of sp³-hybridized carbons (Fsp3) is 0.125. The van der Waals surface area contributed by atoms with E-state index in [-0.39, 0.29) is 5.82 Å². The Labute approximate surface area is 128 Å². The lowest BCUT2D eigenvalue weighted by atomic mass is 9.76. The second kappa shape index (κ2) is 5.82. The molecule has 0 spiro atoms. The van der Waals surface area contributed by atoms with Crippen molar-refractivity contribution in [1.29, 1.82) is 0 Å². The molecule has 3 rings (SSSR count). The molecule has 0 bridgehead atoms. The molecule has 3 aromatic rings. The van der Waals surface area contributed by atoms with E-state index in [4.69, 9.17) is 11.6 Å². The van der Waals surface area contributed by atoms with Gasteiger partial charge in [-0.3, -0.25) is 0 Å². The minimum atomic E-state index is -0.292. The maximum atomic E-state index is 13.5. The number of hydrogen-bond donors (Lipinski definition) is 0. The molecule has 0 N–H and O–H groups in total. The van der Waals surface area contributed by atoms with Crippen LogP contribution in [0.5, 0.6) is 0 Å². The van der Waals surface area contributed by atoms with Gasteiger partial charge in [0.15, 0.2) is 0 Å². The highest BCUT2D eigenvalue weighted by atomic mass is 35.5. The predicted octanol–water partition coefficient (Wildman–Crippen LogP) is 4.34. The predicted molar refractivity (Wildman–Crippen MR) is 85.3 cm³/mol. The normalized spacial score (nSPS) is 10.8. The van der Waals surface area contributed by atoms with Gasteiger partial charge in [-0.1, -0.05) is 36.6 Å². The Morgan fingerprint density at radius 2 is 1.95 bits per heavy atom. The molecule has 5 heteroatoms. The first kappa shape index (κ1) is 14.0. The van der Waals surface area contributed by atoms with Crippen molar-refractivity contribution in [1.82, 2.24) is 9.97 Å². The molecule has 1 aromatic heterocycles. The van der Waals surface area contributed by atoms with Crippen LogP contribution < -0.4 is 0 Å². The fourth-order valence-electron chi connectivity index (χ4n) is 2.28. The molecule has 0 saturated heterocycles. The first-order chi connectivity index (χ1) is 10.2. The highest BCUT2D eigenvalue weighted by Gasteiger charge is 2.12. The van der Waals surface area contributed by atoms with Crippen molar-refractivity contribution in [3.63, 3.8) is 0 Å². The maximum absolute atomic E-state index is 13.5. The molecule has 0 atom stereocenters. The van der Waals surface area contributed by atoms with Crippen molar-refractivity contribution in [3.8, 4) is 11.3 Å². The monoisotopic (exact) mass is 297 g/mol. The molecule has 2 nitrogen and oxygen atoms in total. The molecule has 0 aliphatic heterocycles. The standard InChI is InChI=1S/C16H12BClFN2/c1-17-9-14-15(10-4-2-5-11(19)8-10)21-16-12(18)6-3-7-13(16)20-14/h2-8H,9H2,1H3. The summed E-state index contributed by atoms with van der Waals surface area (Å²) < 4.78 is 13.5. The third-order valence-corrected chi connectivity index (χ3v) is 3.52. The average Bonchev–Trinajstić information content (AvgIpc) is 2.47. The molecule has 2 aromatic carbocycles. The van der Waals surface area contributed by atoms with E-state index >= 15 is 0 Å². The molecule has 103 valence electrons. The fourth-order valence-corrected chi connectivity index (χ4v) is 2.49. The first-order valence-electron chi connectivity index (χ1n) is 6.68. The maximum Gasteiger partial charge on any atom is 0.123 e. The van der Waals surface area contributed by atoms with Gasteiger partial charge in [-0.05, 0) is 30.6 Å². The number of benzene rings is 2. The first-order valence-corrected chi connectivity index (χ1v) is 7.05. The van der Waals surface area contributed by atoms with E-state index in [0.717, 1.165) is 11.2 Å². The summed E-state index contributed by atoms with van der Waals surface area (Å²) in [6.45, 7) is 1.96. The molecule has 1 radical (unpaired) electrons. The topological polar surface area (TPSA) is 25.8 Å². The van der Waals surface area contributed by atoms with E-state index in [0.29, 0.717) is 28.1 Å². The second-order valence-corrected chi connectivity index (χ2v) is 5.16. The molecule has 0 aliphatic carbocycles. The molecular weight excluding hydrogens is 285 g/mol. The van der Waals surface area contributed by atoms with Crippen LogP contribution in [0.1, 0.15) is 5.69 Å². The van der Waals surface area contributed by atoms with Crippen molar-refractivity contribution in [2.45, 2.75) is 13.1 Å². The number of rotatable bonds is 3. The zero-order valence-electron chi connectivity index (χ0n) is 11.5. The SMILES string of the molecule is C[B]Cc1nc2cccc(Cl)c2nc1-c1cccc(F)c1. The number of hydrogen-bond acceptors (Lipinski definition) is 2. The molecule has 0 unspecified atom stereocenters. The van der Waals surface area contributed by atoms with E-state index in [1.807, 2.05) is 32.3 Å². The third kappa shape index (κ3) is 2.76. The molecule has 0 saturated carbocycles. The van der Waals surface area contributed by atoms with Gasteiger partial charge in [0.05, 0.1) is 21.9 Å². The summed E-state index contributed by atoms with van der Waals surface area (Å²) in [6.07, 6.45) is 0.668. The van der Waals surface area contributed by atoms with E-state index in [2.05, 4.69) is 9.97 Å².